The zero-order valence-corrected chi connectivity index (χ0v) is 12.5. The molecule has 1 aliphatic rings. The van der Waals surface area contributed by atoms with E-state index in [0.717, 1.165) is 25.6 Å². The predicted octanol–water partition coefficient (Wildman–Crippen LogP) is 1.78. The molecule has 0 unspecified atom stereocenters. The van der Waals surface area contributed by atoms with Crippen molar-refractivity contribution in [1.82, 2.24) is 4.90 Å². The smallest absolute Gasteiger partial charge is 0.306 e. The number of nitrogens with zero attached hydrogens (tertiary/aromatic N) is 1. The molecule has 1 fully saturated rings. The monoisotopic (exact) mass is 297 g/mol. The van der Waals surface area contributed by atoms with E-state index in [1.165, 1.54) is 6.92 Å². The summed E-state index contributed by atoms with van der Waals surface area (Å²) in [6.45, 7) is 2.63. The first-order valence-corrected chi connectivity index (χ1v) is 8.39. The van der Waals surface area contributed by atoms with Crippen LogP contribution in [0.15, 0.2) is 24.3 Å². The Labute approximate surface area is 119 Å². The molecule has 110 valence electrons. The van der Waals surface area contributed by atoms with Crippen molar-refractivity contribution in [3.63, 3.8) is 0 Å². The van der Waals surface area contributed by atoms with Gasteiger partial charge in [0.2, 0.25) is 5.91 Å². The fourth-order valence-electron chi connectivity index (χ4n) is 2.00. The maximum atomic E-state index is 11.7. The second-order valence-electron chi connectivity index (χ2n) is 5.24. The number of hydrogen-bond donors (Lipinski definition) is 0. The van der Waals surface area contributed by atoms with E-state index >= 15 is 0 Å². The molecule has 0 aromatic heterocycles. The largest absolute Gasteiger partial charge is 0.382 e. The minimum Gasteiger partial charge on any atom is -0.382 e. The van der Waals surface area contributed by atoms with Gasteiger partial charge in [-0.25, -0.2) is 0 Å². The summed E-state index contributed by atoms with van der Waals surface area (Å²) in [7, 11) is -3.57. The number of carbonyl (C=O) groups excluding carboxylic acids is 1. The van der Waals surface area contributed by atoms with Crippen LogP contribution in [0.5, 0.6) is 5.75 Å². The van der Waals surface area contributed by atoms with Crippen LogP contribution in [0.1, 0.15) is 25.3 Å². The van der Waals surface area contributed by atoms with Crippen LogP contribution >= 0.6 is 0 Å². The Balaban J connectivity index is 2.16. The van der Waals surface area contributed by atoms with Crippen LogP contribution in [0.3, 0.4) is 0 Å². The molecule has 0 atom stereocenters. The fourth-order valence-corrected chi connectivity index (χ4v) is 2.49. The summed E-state index contributed by atoms with van der Waals surface area (Å²) in [5.74, 6) is 0.866. The highest BCUT2D eigenvalue weighted by Crippen LogP contribution is 2.31. The maximum Gasteiger partial charge on any atom is 0.306 e. The first-order chi connectivity index (χ1) is 9.35. The normalized spacial score (nSPS) is 14.9. The highest BCUT2D eigenvalue weighted by molar-refractivity contribution is 7.86. The zero-order valence-electron chi connectivity index (χ0n) is 11.7. The van der Waals surface area contributed by atoms with E-state index in [4.69, 9.17) is 4.18 Å². The Morgan fingerprint density at radius 2 is 2.00 bits per heavy atom. The molecule has 1 aromatic rings. The van der Waals surface area contributed by atoms with E-state index < -0.39 is 10.1 Å². The van der Waals surface area contributed by atoms with E-state index in [9.17, 15) is 13.2 Å². The van der Waals surface area contributed by atoms with Gasteiger partial charge in [0, 0.05) is 25.6 Å². The molecule has 2 rings (SSSR count). The number of hydrogen-bond acceptors (Lipinski definition) is 4. The number of para-hydroxylation sites is 1. The maximum absolute atomic E-state index is 11.7. The lowest BCUT2D eigenvalue weighted by atomic mass is 10.2. The molecule has 0 saturated heterocycles. The van der Waals surface area contributed by atoms with Gasteiger partial charge in [-0.05, 0) is 24.8 Å². The summed E-state index contributed by atoms with van der Waals surface area (Å²) in [4.78, 5) is 13.4. The minimum absolute atomic E-state index is 0.00828. The molecule has 20 heavy (non-hydrogen) atoms. The molecule has 0 N–H and O–H groups in total. The van der Waals surface area contributed by atoms with Gasteiger partial charge in [-0.15, -0.1) is 0 Å². The Morgan fingerprint density at radius 1 is 1.35 bits per heavy atom. The van der Waals surface area contributed by atoms with Gasteiger partial charge in [-0.1, -0.05) is 18.2 Å². The molecule has 0 spiro atoms. The van der Waals surface area contributed by atoms with Gasteiger partial charge in [-0.2, -0.15) is 8.42 Å². The van der Waals surface area contributed by atoms with E-state index in [1.54, 1.807) is 29.2 Å². The van der Waals surface area contributed by atoms with Crippen molar-refractivity contribution in [1.29, 1.82) is 0 Å². The first-order valence-electron chi connectivity index (χ1n) is 6.58. The molecular formula is C14H19NO4S. The molecular weight excluding hydrogens is 278 g/mol. The molecule has 6 heteroatoms. The van der Waals surface area contributed by atoms with Crippen molar-refractivity contribution in [2.24, 2.45) is 5.92 Å². The first kappa shape index (κ1) is 14.8. The average Bonchev–Trinajstić information content (AvgIpc) is 3.12. The van der Waals surface area contributed by atoms with E-state index in [1.807, 2.05) is 0 Å². The highest BCUT2D eigenvalue weighted by Gasteiger charge is 2.26. The minimum atomic E-state index is -3.57. The van der Waals surface area contributed by atoms with Crippen molar-refractivity contribution in [2.75, 3.05) is 12.8 Å². The third-order valence-corrected chi connectivity index (χ3v) is 3.68. The van der Waals surface area contributed by atoms with Gasteiger partial charge >= 0.3 is 10.1 Å². The Bertz CT molecular complexity index is 593. The Kier molecular flexibility index (Phi) is 4.32. The lowest BCUT2D eigenvalue weighted by Crippen LogP contribution is -2.30. The predicted molar refractivity (Wildman–Crippen MR) is 75.7 cm³/mol. The SMILES string of the molecule is CC(=O)N(Cc1ccccc1OS(C)(=O)=O)CC1CC1. The van der Waals surface area contributed by atoms with E-state index in [-0.39, 0.29) is 11.7 Å². The fraction of sp³-hybridized carbons (Fsp3) is 0.500. The van der Waals surface area contributed by atoms with Crippen LogP contribution in [0, 0.1) is 5.92 Å². The van der Waals surface area contributed by atoms with Crippen LogP contribution in [0.2, 0.25) is 0 Å². The molecule has 1 amide bonds. The average molecular weight is 297 g/mol. The molecule has 1 aromatic carbocycles. The van der Waals surface area contributed by atoms with Crippen LogP contribution < -0.4 is 4.18 Å². The number of benzene rings is 1. The van der Waals surface area contributed by atoms with Gasteiger partial charge in [0.25, 0.3) is 0 Å². The zero-order chi connectivity index (χ0) is 14.8. The van der Waals surface area contributed by atoms with Gasteiger partial charge in [0.1, 0.15) is 5.75 Å². The van der Waals surface area contributed by atoms with Crippen LogP contribution in [0.25, 0.3) is 0 Å². The van der Waals surface area contributed by atoms with Crippen molar-refractivity contribution in [2.45, 2.75) is 26.3 Å². The van der Waals surface area contributed by atoms with Gasteiger partial charge < -0.3 is 9.08 Å². The molecule has 0 aliphatic heterocycles. The standard InChI is InChI=1S/C14H19NO4S/c1-11(16)15(9-12-7-8-12)10-13-5-3-4-6-14(13)19-20(2,17)18/h3-6,12H,7-10H2,1-2H3. The highest BCUT2D eigenvalue weighted by atomic mass is 32.2. The summed E-state index contributed by atoms with van der Waals surface area (Å²) in [6.07, 6.45) is 3.33. The van der Waals surface area contributed by atoms with Crippen molar-refractivity contribution in [3.8, 4) is 5.75 Å². The van der Waals surface area contributed by atoms with Crippen LogP contribution in [-0.2, 0) is 21.5 Å². The topological polar surface area (TPSA) is 63.7 Å². The summed E-state index contributed by atoms with van der Waals surface area (Å²) < 4.78 is 27.5. The molecule has 0 bridgehead atoms. The van der Waals surface area contributed by atoms with Gasteiger partial charge in [0.05, 0.1) is 6.26 Å². The third-order valence-electron chi connectivity index (χ3n) is 3.20. The lowest BCUT2D eigenvalue weighted by molar-refractivity contribution is -0.129. The lowest BCUT2D eigenvalue weighted by Gasteiger charge is -2.22. The summed E-state index contributed by atoms with van der Waals surface area (Å²) >= 11 is 0. The quantitative estimate of drug-likeness (QED) is 0.751. The molecule has 1 aliphatic carbocycles. The molecule has 0 heterocycles. The molecule has 0 radical (unpaired) electrons. The van der Waals surface area contributed by atoms with Gasteiger partial charge in [-0.3, -0.25) is 4.79 Å². The van der Waals surface area contributed by atoms with Gasteiger partial charge in [0.15, 0.2) is 0 Å². The Hall–Kier alpha value is -1.56. The van der Waals surface area contributed by atoms with E-state index in [2.05, 4.69) is 0 Å². The molecule has 1 saturated carbocycles. The van der Waals surface area contributed by atoms with E-state index in [0.29, 0.717) is 18.0 Å². The second-order valence-corrected chi connectivity index (χ2v) is 6.81. The molecule has 5 nitrogen and oxygen atoms in total. The van der Waals surface area contributed by atoms with Crippen molar-refractivity contribution < 1.29 is 17.4 Å². The van der Waals surface area contributed by atoms with Crippen LogP contribution in [0.4, 0.5) is 0 Å². The summed E-state index contributed by atoms with van der Waals surface area (Å²) in [5.41, 5.74) is 0.703. The van der Waals surface area contributed by atoms with Crippen molar-refractivity contribution >= 4 is 16.0 Å². The summed E-state index contributed by atoms with van der Waals surface area (Å²) in [5, 5.41) is 0. The summed E-state index contributed by atoms with van der Waals surface area (Å²) in [6, 6.07) is 6.90. The number of rotatable bonds is 6. The third kappa shape index (κ3) is 4.52. The van der Waals surface area contributed by atoms with Crippen LogP contribution in [-0.4, -0.2) is 32.0 Å². The second kappa shape index (κ2) is 5.83. The Morgan fingerprint density at radius 3 is 2.55 bits per heavy atom. The number of carbonyl (C=O) groups is 1. The van der Waals surface area contributed by atoms with Crippen molar-refractivity contribution in [3.05, 3.63) is 29.8 Å². The number of amides is 1.